The van der Waals surface area contributed by atoms with Crippen LogP contribution in [0.4, 0.5) is 13.2 Å². The van der Waals surface area contributed by atoms with Crippen LogP contribution in [0.2, 0.25) is 5.02 Å². The SMILES string of the molecule is CC(Cc1ccc(C2=C(C(=O)N(Cc3ccccc3Cl)C3CC3)[C@H]3CNC[C@@H](C2)N3C(=O)CCC(N)=O)cc1)Oc1c(F)ccc(F)c1F. The van der Waals surface area contributed by atoms with E-state index in [-0.39, 0.29) is 43.2 Å². The first-order chi connectivity index (χ1) is 23.5. The number of hydrogen-bond acceptors (Lipinski definition) is 5. The first-order valence-electron chi connectivity index (χ1n) is 16.5. The molecule has 2 fully saturated rings. The summed E-state index contributed by atoms with van der Waals surface area (Å²) < 4.78 is 47.5. The van der Waals surface area contributed by atoms with Gasteiger partial charge in [0.25, 0.3) is 5.91 Å². The highest BCUT2D eigenvalue weighted by Gasteiger charge is 2.46. The van der Waals surface area contributed by atoms with E-state index in [0.717, 1.165) is 41.2 Å². The number of carbonyl (C=O) groups is 3. The van der Waals surface area contributed by atoms with E-state index >= 15 is 0 Å². The summed E-state index contributed by atoms with van der Waals surface area (Å²) in [4.78, 5) is 43.5. The maximum Gasteiger partial charge on any atom is 0.252 e. The van der Waals surface area contributed by atoms with Gasteiger partial charge in [0.15, 0.2) is 17.4 Å². The summed E-state index contributed by atoms with van der Waals surface area (Å²) in [6.45, 7) is 2.86. The molecule has 3 amide bonds. The van der Waals surface area contributed by atoms with Crippen LogP contribution in [0.5, 0.6) is 5.75 Å². The molecule has 258 valence electrons. The first kappa shape index (κ1) is 34.5. The maximum absolute atomic E-state index is 14.8. The zero-order valence-electron chi connectivity index (χ0n) is 27.1. The number of benzene rings is 3. The highest BCUT2D eigenvalue weighted by atomic mass is 35.5. The Bertz CT molecular complexity index is 1780. The third-order valence-corrected chi connectivity index (χ3v) is 9.71. The van der Waals surface area contributed by atoms with E-state index in [0.29, 0.717) is 42.7 Å². The van der Waals surface area contributed by atoms with Crippen LogP contribution in [0.1, 0.15) is 55.7 Å². The zero-order chi connectivity index (χ0) is 34.8. The van der Waals surface area contributed by atoms with Crippen molar-refractivity contribution in [3.8, 4) is 5.75 Å². The Morgan fingerprint density at radius 3 is 2.41 bits per heavy atom. The Kier molecular flexibility index (Phi) is 10.3. The Morgan fingerprint density at radius 1 is 1.00 bits per heavy atom. The van der Waals surface area contributed by atoms with Crippen molar-refractivity contribution in [2.24, 2.45) is 5.73 Å². The molecule has 49 heavy (non-hydrogen) atoms. The second-order valence-electron chi connectivity index (χ2n) is 12.9. The van der Waals surface area contributed by atoms with Crippen LogP contribution in [0.3, 0.4) is 0 Å². The molecule has 1 aliphatic carbocycles. The van der Waals surface area contributed by atoms with Crippen LogP contribution in [-0.2, 0) is 27.3 Å². The van der Waals surface area contributed by atoms with Crippen molar-refractivity contribution in [3.05, 3.63) is 105 Å². The van der Waals surface area contributed by atoms with Gasteiger partial charge in [-0.1, -0.05) is 54.1 Å². The average molecular weight is 695 g/mol. The predicted molar refractivity (Wildman–Crippen MR) is 179 cm³/mol. The van der Waals surface area contributed by atoms with Gasteiger partial charge in [-0.3, -0.25) is 14.4 Å². The number of carbonyl (C=O) groups excluding carboxylic acids is 3. The van der Waals surface area contributed by atoms with Gasteiger partial charge >= 0.3 is 0 Å². The summed E-state index contributed by atoms with van der Waals surface area (Å²) >= 11 is 6.52. The van der Waals surface area contributed by atoms with Crippen molar-refractivity contribution >= 4 is 34.9 Å². The van der Waals surface area contributed by atoms with E-state index in [9.17, 15) is 27.6 Å². The molecule has 1 saturated heterocycles. The van der Waals surface area contributed by atoms with Crippen LogP contribution < -0.4 is 15.8 Å². The number of halogens is 4. The molecule has 2 heterocycles. The van der Waals surface area contributed by atoms with Crippen LogP contribution in [0, 0.1) is 17.5 Å². The maximum atomic E-state index is 14.8. The molecule has 0 spiro atoms. The number of hydrogen-bond donors (Lipinski definition) is 2. The lowest BCUT2D eigenvalue weighted by Crippen LogP contribution is -2.63. The second kappa shape index (κ2) is 14.6. The van der Waals surface area contributed by atoms with Gasteiger partial charge in [-0.25, -0.2) is 8.78 Å². The quantitative estimate of drug-likeness (QED) is 0.242. The molecule has 3 N–H and O–H groups in total. The normalized spacial score (nSPS) is 19.4. The number of fused-ring (bicyclic) bond motifs is 2. The van der Waals surface area contributed by atoms with Gasteiger partial charge < -0.3 is 25.6 Å². The van der Waals surface area contributed by atoms with Gasteiger partial charge in [-0.15, -0.1) is 0 Å². The number of rotatable bonds is 12. The molecule has 8 nitrogen and oxygen atoms in total. The number of primary amides is 1. The van der Waals surface area contributed by atoms with Crippen molar-refractivity contribution in [1.29, 1.82) is 0 Å². The van der Waals surface area contributed by atoms with Crippen molar-refractivity contribution in [2.45, 2.75) is 76.2 Å². The van der Waals surface area contributed by atoms with Crippen molar-refractivity contribution in [1.82, 2.24) is 15.1 Å². The molecular formula is C37H38ClF3N4O4. The molecule has 3 atom stereocenters. The minimum atomic E-state index is -1.37. The Balaban J connectivity index is 1.32. The average Bonchev–Trinajstić information content (AvgIpc) is 3.92. The zero-order valence-corrected chi connectivity index (χ0v) is 27.8. The summed E-state index contributed by atoms with van der Waals surface area (Å²) in [5.74, 6) is -5.26. The molecule has 12 heteroatoms. The predicted octanol–water partition coefficient (Wildman–Crippen LogP) is 5.55. The van der Waals surface area contributed by atoms with E-state index in [1.54, 1.807) is 17.9 Å². The molecule has 3 aliphatic rings. The molecule has 1 saturated carbocycles. The van der Waals surface area contributed by atoms with E-state index in [2.05, 4.69) is 5.32 Å². The lowest BCUT2D eigenvalue weighted by molar-refractivity contribution is -0.139. The van der Waals surface area contributed by atoms with Crippen LogP contribution in [0.15, 0.2) is 66.2 Å². The van der Waals surface area contributed by atoms with Crippen LogP contribution >= 0.6 is 11.6 Å². The lowest BCUT2D eigenvalue weighted by atomic mass is 9.81. The van der Waals surface area contributed by atoms with Crippen LogP contribution in [0.25, 0.3) is 5.57 Å². The fourth-order valence-corrected chi connectivity index (χ4v) is 7.02. The summed E-state index contributed by atoms with van der Waals surface area (Å²) in [6.07, 6.45) is 1.63. The van der Waals surface area contributed by atoms with E-state index in [1.165, 1.54) is 0 Å². The van der Waals surface area contributed by atoms with Gasteiger partial charge in [0.2, 0.25) is 17.6 Å². The number of nitrogens with two attached hydrogens (primary N) is 1. The molecule has 3 aromatic rings. The van der Waals surface area contributed by atoms with E-state index in [4.69, 9.17) is 22.1 Å². The second-order valence-corrected chi connectivity index (χ2v) is 13.4. The molecule has 0 aromatic heterocycles. The van der Waals surface area contributed by atoms with Gasteiger partial charge in [-0.05, 0) is 66.6 Å². The minimum absolute atomic E-state index is 0.0382. The highest BCUT2D eigenvalue weighted by molar-refractivity contribution is 6.31. The monoisotopic (exact) mass is 694 g/mol. The van der Waals surface area contributed by atoms with Crippen molar-refractivity contribution < 1.29 is 32.3 Å². The molecule has 6 rings (SSSR count). The molecule has 3 aromatic carbocycles. The number of piperazine rings is 1. The van der Waals surface area contributed by atoms with Gasteiger partial charge in [0.1, 0.15) is 6.10 Å². The summed E-state index contributed by atoms with van der Waals surface area (Å²) in [6, 6.07) is 15.7. The molecule has 2 aliphatic heterocycles. The first-order valence-corrected chi connectivity index (χ1v) is 16.9. The lowest BCUT2D eigenvalue weighted by Gasteiger charge is -2.48. The Hall–Kier alpha value is -4.35. The van der Waals surface area contributed by atoms with Crippen molar-refractivity contribution in [2.75, 3.05) is 13.1 Å². The third kappa shape index (κ3) is 7.63. The number of nitrogens with zero attached hydrogens (tertiary/aromatic N) is 2. The summed E-state index contributed by atoms with van der Waals surface area (Å²) in [5.41, 5.74) is 9.18. The van der Waals surface area contributed by atoms with E-state index < -0.39 is 41.3 Å². The Morgan fingerprint density at radius 2 is 1.71 bits per heavy atom. The standard InChI is InChI=1S/C37H38ClF3N4O4/c1-21(49-36-30(40)13-12-29(39)35(36)41)16-22-6-8-23(9-7-22)27-17-26-18-43-19-31(45(26)33(47)15-14-32(42)46)34(27)37(48)44(25-10-11-25)20-24-4-2-3-5-28(24)38/h2-9,12-13,21,25-26,31,43H,10-11,14-20H2,1H3,(H2,42,46)/t21?,26-,31-/m1/s1. The molecule has 0 radical (unpaired) electrons. The summed E-state index contributed by atoms with van der Waals surface area (Å²) in [5, 5.41) is 3.96. The number of ether oxygens (including phenoxy) is 1. The van der Waals surface area contributed by atoms with Gasteiger partial charge in [0, 0.05) is 61.6 Å². The topological polar surface area (TPSA) is 105 Å². The Labute approximate surface area is 288 Å². The number of nitrogens with one attached hydrogen (secondary N) is 1. The van der Waals surface area contributed by atoms with Gasteiger partial charge in [-0.2, -0.15) is 4.39 Å². The fourth-order valence-electron chi connectivity index (χ4n) is 6.83. The summed E-state index contributed by atoms with van der Waals surface area (Å²) in [7, 11) is 0. The van der Waals surface area contributed by atoms with Gasteiger partial charge in [0.05, 0.1) is 6.04 Å². The molecule has 2 bridgehead atoms. The molecular weight excluding hydrogens is 657 g/mol. The largest absolute Gasteiger partial charge is 0.484 e. The highest BCUT2D eigenvalue weighted by Crippen LogP contribution is 2.40. The van der Waals surface area contributed by atoms with Crippen LogP contribution in [-0.4, -0.2) is 64.8 Å². The smallest absolute Gasteiger partial charge is 0.252 e. The molecule has 1 unspecified atom stereocenters. The number of amides is 3. The third-order valence-electron chi connectivity index (χ3n) is 9.34. The van der Waals surface area contributed by atoms with E-state index in [1.807, 2.05) is 47.4 Å². The van der Waals surface area contributed by atoms with Crippen molar-refractivity contribution in [3.63, 3.8) is 0 Å². The fraction of sp³-hybridized carbons (Fsp3) is 0.378. The minimum Gasteiger partial charge on any atom is -0.484 e.